The number of nitrogens with one attached hydrogen (secondary N) is 2. The van der Waals surface area contributed by atoms with Gasteiger partial charge >= 0.3 is 11.9 Å². The second kappa shape index (κ2) is 8.63. The normalized spacial score (nSPS) is 17.8. The van der Waals surface area contributed by atoms with Crippen LogP contribution in [-0.4, -0.2) is 52.2 Å². The molecule has 0 aliphatic carbocycles. The largest absolute Gasteiger partial charge is 0.393 e. The molecule has 1 spiro atoms. The van der Waals surface area contributed by atoms with Crippen LogP contribution in [0.5, 0.6) is 0 Å². The minimum atomic E-state index is -4.30. The molecule has 0 unspecified atom stereocenters. The first-order chi connectivity index (χ1) is 17.7. The molecule has 2 saturated heterocycles. The Morgan fingerprint density at radius 3 is 2.46 bits per heavy atom. The van der Waals surface area contributed by atoms with Gasteiger partial charge in [-0.05, 0) is 67.4 Å². The third kappa shape index (κ3) is 4.67. The SMILES string of the molecule is N#Cc1cc2cc(CN3CCC4(CC3)CN(c3nc(=O)[nH]c5ccc(CC(F)(F)F)cc35)C4)ccc2[nH]1. The molecule has 2 aliphatic heterocycles. The van der Waals surface area contributed by atoms with Gasteiger partial charge in [0, 0.05) is 41.3 Å². The third-order valence-electron chi connectivity index (χ3n) is 7.66. The van der Waals surface area contributed by atoms with Crippen LogP contribution in [0.1, 0.15) is 29.7 Å². The average Bonchev–Trinajstić information content (AvgIpc) is 3.25. The maximum absolute atomic E-state index is 12.9. The minimum absolute atomic E-state index is 0.128. The van der Waals surface area contributed by atoms with Crippen molar-refractivity contribution in [1.82, 2.24) is 19.9 Å². The van der Waals surface area contributed by atoms with Crippen LogP contribution < -0.4 is 10.6 Å². The summed E-state index contributed by atoms with van der Waals surface area (Å²) in [6, 6.07) is 14.7. The Kier molecular flexibility index (Phi) is 5.49. The molecule has 2 aliphatic rings. The molecule has 37 heavy (non-hydrogen) atoms. The summed E-state index contributed by atoms with van der Waals surface area (Å²) in [6.45, 7) is 4.21. The van der Waals surface area contributed by atoms with Crippen LogP contribution in [0, 0.1) is 16.7 Å². The number of hydrogen-bond acceptors (Lipinski definition) is 5. The zero-order chi connectivity index (χ0) is 25.8. The number of fused-ring (bicyclic) bond motifs is 2. The molecule has 4 aromatic rings. The van der Waals surface area contributed by atoms with E-state index in [-0.39, 0.29) is 11.0 Å². The number of piperidine rings is 1. The smallest absolute Gasteiger partial charge is 0.355 e. The second-order valence-electron chi connectivity index (χ2n) is 10.4. The predicted octanol–water partition coefficient (Wildman–Crippen LogP) is 4.48. The van der Waals surface area contributed by atoms with E-state index in [0.717, 1.165) is 56.5 Å². The van der Waals surface area contributed by atoms with E-state index in [1.165, 1.54) is 23.8 Å². The molecule has 0 radical (unpaired) electrons. The first kappa shape index (κ1) is 23.6. The van der Waals surface area contributed by atoms with Crippen molar-refractivity contribution in [3.8, 4) is 6.07 Å². The summed E-state index contributed by atoms with van der Waals surface area (Å²) in [6.07, 6.45) is -3.30. The molecule has 0 amide bonds. The molecule has 2 fully saturated rings. The van der Waals surface area contributed by atoms with Gasteiger partial charge in [-0.3, -0.25) is 4.90 Å². The lowest BCUT2D eigenvalue weighted by Gasteiger charge is -2.54. The summed E-state index contributed by atoms with van der Waals surface area (Å²) in [5.41, 5.74) is 3.00. The topological polar surface area (TPSA) is 91.8 Å². The minimum Gasteiger partial charge on any atom is -0.355 e. The summed E-state index contributed by atoms with van der Waals surface area (Å²) in [7, 11) is 0. The fourth-order valence-electron chi connectivity index (χ4n) is 5.78. The molecule has 190 valence electrons. The van der Waals surface area contributed by atoms with Crippen molar-refractivity contribution in [2.45, 2.75) is 32.0 Å². The summed E-state index contributed by atoms with van der Waals surface area (Å²) in [5, 5.41) is 10.7. The number of H-pyrrole nitrogens is 2. The summed E-state index contributed by atoms with van der Waals surface area (Å²) >= 11 is 0. The van der Waals surface area contributed by atoms with Crippen LogP contribution in [0.15, 0.2) is 47.3 Å². The molecule has 0 atom stereocenters. The number of benzene rings is 2. The van der Waals surface area contributed by atoms with Crippen LogP contribution in [0.2, 0.25) is 0 Å². The van der Waals surface area contributed by atoms with E-state index in [9.17, 15) is 18.0 Å². The summed E-state index contributed by atoms with van der Waals surface area (Å²) in [5.74, 6) is 0.465. The van der Waals surface area contributed by atoms with E-state index < -0.39 is 18.3 Å². The number of nitriles is 1. The number of anilines is 1. The summed E-state index contributed by atoms with van der Waals surface area (Å²) in [4.78, 5) is 26.5. The van der Waals surface area contributed by atoms with Gasteiger partial charge < -0.3 is 14.9 Å². The van der Waals surface area contributed by atoms with Gasteiger partial charge in [-0.2, -0.15) is 23.4 Å². The van der Waals surface area contributed by atoms with E-state index in [1.807, 2.05) is 17.0 Å². The van der Waals surface area contributed by atoms with Crippen molar-refractivity contribution in [2.75, 3.05) is 31.1 Å². The Balaban J connectivity index is 1.13. The first-order valence-corrected chi connectivity index (χ1v) is 12.3. The van der Waals surface area contributed by atoms with E-state index in [0.29, 0.717) is 22.4 Å². The van der Waals surface area contributed by atoms with Crippen molar-refractivity contribution in [2.24, 2.45) is 5.41 Å². The Labute approximate surface area is 210 Å². The monoisotopic (exact) mass is 506 g/mol. The lowest BCUT2D eigenvalue weighted by molar-refractivity contribution is -0.127. The van der Waals surface area contributed by atoms with Gasteiger partial charge in [0.25, 0.3) is 0 Å². The highest BCUT2D eigenvalue weighted by atomic mass is 19.4. The van der Waals surface area contributed by atoms with Crippen LogP contribution in [-0.2, 0) is 13.0 Å². The summed E-state index contributed by atoms with van der Waals surface area (Å²) < 4.78 is 38.8. The van der Waals surface area contributed by atoms with E-state index >= 15 is 0 Å². The number of nitrogens with zero attached hydrogens (tertiary/aromatic N) is 4. The molecule has 7 nitrogen and oxygen atoms in total. The Morgan fingerprint density at radius 1 is 1.00 bits per heavy atom. The zero-order valence-electron chi connectivity index (χ0n) is 20.0. The van der Waals surface area contributed by atoms with Crippen molar-refractivity contribution in [3.63, 3.8) is 0 Å². The van der Waals surface area contributed by atoms with Crippen molar-refractivity contribution >= 4 is 27.6 Å². The Hall–Kier alpha value is -3.84. The standard InChI is InChI=1S/C27H25F3N6O/c28-27(29,30)12-17-1-4-23-21(10-17)24(34-25(37)33-23)36-15-26(16-36)5-7-35(8-6-26)14-18-2-3-22-19(9-18)11-20(13-31)32-22/h1-4,9-11,32H,5-8,12,14-16H2,(H,33,34,37). The van der Waals surface area contributed by atoms with Gasteiger partial charge in [-0.25, -0.2) is 4.79 Å². The van der Waals surface area contributed by atoms with Crippen molar-refractivity contribution in [1.29, 1.82) is 5.26 Å². The van der Waals surface area contributed by atoms with Crippen molar-refractivity contribution < 1.29 is 13.2 Å². The molecular formula is C27H25F3N6O. The fourth-order valence-corrected chi connectivity index (χ4v) is 5.78. The number of hydrogen-bond donors (Lipinski definition) is 2. The molecule has 2 aromatic carbocycles. The molecule has 0 bridgehead atoms. The molecular weight excluding hydrogens is 481 g/mol. The highest BCUT2D eigenvalue weighted by molar-refractivity contribution is 5.90. The van der Waals surface area contributed by atoms with E-state index in [4.69, 9.17) is 5.26 Å². The van der Waals surface area contributed by atoms with Crippen LogP contribution in [0.25, 0.3) is 21.8 Å². The molecule has 2 N–H and O–H groups in total. The van der Waals surface area contributed by atoms with Crippen LogP contribution >= 0.6 is 0 Å². The number of rotatable bonds is 4. The maximum Gasteiger partial charge on any atom is 0.393 e. The van der Waals surface area contributed by atoms with Gasteiger partial charge in [0.05, 0.1) is 11.9 Å². The number of aromatic amines is 2. The maximum atomic E-state index is 12.9. The molecule has 0 saturated carbocycles. The van der Waals surface area contributed by atoms with Gasteiger partial charge in [-0.1, -0.05) is 12.1 Å². The molecule has 2 aromatic heterocycles. The van der Waals surface area contributed by atoms with Gasteiger partial charge in [0.2, 0.25) is 0 Å². The lowest BCUT2D eigenvalue weighted by atomic mass is 9.72. The quantitative estimate of drug-likeness (QED) is 0.426. The Morgan fingerprint density at radius 2 is 1.73 bits per heavy atom. The van der Waals surface area contributed by atoms with E-state index in [2.05, 4.69) is 38.1 Å². The van der Waals surface area contributed by atoms with Gasteiger partial charge in [0.15, 0.2) is 0 Å². The second-order valence-corrected chi connectivity index (χ2v) is 10.4. The highest BCUT2D eigenvalue weighted by Crippen LogP contribution is 2.43. The molecule has 4 heterocycles. The first-order valence-electron chi connectivity index (χ1n) is 12.3. The number of aromatic nitrogens is 3. The van der Waals surface area contributed by atoms with E-state index in [1.54, 1.807) is 0 Å². The zero-order valence-corrected chi connectivity index (χ0v) is 20.0. The van der Waals surface area contributed by atoms with Crippen LogP contribution in [0.3, 0.4) is 0 Å². The number of halogens is 3. The number of likely N-dealkylation sites (tertiary alicyclic amines) is 1. The highest BCUT2D eigenvalue weighted by Gasteiger charge is 2.45. The lowest BCUT2D eigenvalue weighted by Crippen LogP contribution is -2.60. The third-order valence-corrected chi connectivity index (χ3v) is 7.66. The fraction of sp³-hybridized carbons (Fsp3) is 0.370. The van der Waals surface area contributed by atoms with Gasteiger partial charge in [0.1, 0.15) is 17.6 Å². The Bertz CT molecular complexity index is 1580. The predicted molar refractivity (Wildman–Crippen MR) is 134 cm³/mol. The average molecular weight is 507 g/mol. The van der Waals surface area contributed by atoms with Crippen molar-refractivity contribution in [3.05, 3.63) is 69.8 Å². The van der Waals surface area contributed by atoms with Crippen LogP contribution in [0.4, 0.5) is 19.0 Å². The molecule has 6 rings (SSSR count). The number of alkyl halides is 3. The molecule has 10 heteroatoms. The van der Waals surface area contributed by atoms with Gasteiger partial charge in [-0.15, -0.1) is 0 Å².